The van der Waals surface area contributed by atoms with Crippen LogP contribution in [0.2, 0.25) is 0 Å². The van der Waals surface area contributed by atoms with Crippen LogP contribution < -0.4 is 5.32 Å². The Labute approximate surface area is 165 Å². The topological polar surface area (TPSA) is 90.5 Å². The van der Waals surface area contributed by atoms with Gasteiger partial charge in [-0.1, -0.05) is 30.3 Å². The van der Waals surface area contributed by atoms with E-state index in [-0.39, 0.29) is 12.5 Å². The Kier molecular flexibility index (Phi) is 4.02. The molecule has 0 aliphatic heterocycles. The minimum atomic E-state index is -0.196. The van der Waals surface area contributed by atoms with Crippen molar-refractivity contribution in [1.82, 2.24) is 29.5 Å². The van der Waals surface area contributed by atoms with Crippen molar-refractivity contribution in [1.29, 1.82) is 0 Å². The second-order valence-corrected chi connectivity index (χ2v) is 6.69. The first kappa shape index (κ1) is 17.1. The number of anilines is 1. The summed E-state index contributed by atoms with van der Waals surface area (Å²) in [6.07, 6.45) is 4.91. The van der Waals surface area contributed by atoms with Crippen LogP contribution in [0.4, 0.5) is 5.82 Å². The van der Waals surface area contributed by atoms with Crippen molar-refractivity contribution >= 4 is 33.5 Å². The summed E-state index contributed by atoms with van der Waals surface area (Å²) >= 11 is 0. The monoisotopic (exact) mass is 383 g/mol. The van der Waals surface area contributed by atoms with E-state index in [0.29, 0.717) is 5.82 Å². The summed E-state index contributed by atoms with van der Waals surface area (Å²) < 4.78 is 3.44. The highest BCUT2D eigenvalue weighted by Gasteiger charge is 2.16. The van der Waals surface area contributed by atoms with Gasteiger partial charge < -0.3 is 5.32 Å². The van der Waals surface area contributed by atoms with Gasteiger partial charge in [-0.2, -0.15) is 10.2 Å². The number of fused-ring (bicyclic) bond motifs is 2. The Morgan fingerprint density at radius 1 is 0.931 bits per heavy atom. The second kappa shape index (κ2) is 6.83. The molecule has 0 radical (unpaired) electrons. The van der Waals surface area contributed by atoms with Crippen LogP contribution in [0.15, 0.2) is 67.3 Å². The van der Waals surface area contributed by atoms with Crippen molar-refractivity contribution in [3.63, 3.8) is 0 Å². The van der Waals surface area contributed by atoms with Gasteiger partial charge in [-0.25, -0.2) is 9.97 Å². The first-order valence-corrected chi connectivity index (χ1v) is 9.13. The molecule has 5 aromatic rings. The molecule has 5 rings (SSSR count). The third-order valence-electron chi connectivity index (χ3n) is 4.80. The molecular formula is C21H17N7O. The number of hydrogen-bond acceptors (Lipinski definition) is 5. The summed E-state index contributed by atoms with van der Waals surface area (Å²) in [5.74, 6) is 0.346. The molecule has 0 saturated heterocycles. The zero-order chi connectivity index (χ0) is 19.8. The molecule has 8 nitrogen and oxygen atoms in total. The number of hydrogen-bond donors (Lipinski definition) is 1. The summed E-state index contributed by atoms with van der Waals surface area (Å²) in [6, 6.07) is 15.6. The van der Waals surface area contributed by atoms with E-state index in [1.807, 2.05) is 55.6 Å². The molecule has 1 amide bonds. The molecule has 0 fully saturated rings. The fourth-order valence-corrected chi connectivity index (χ4v) is 3.50. The Hall–Kier alpha value is -4.07. The number of nitrogens with one attached hydrogen (secondary N) is 1. The highest BCUT2D eigenvalue weighted by molar-refractivity contribution is 6.00. The Morgan fingerprint density at radius 2 is 1.62 bits per heavy atom. The van der Waals surface area contributed by atoms with E-state index in [0.717, 1.165) is 33.1 Å². The molecule has 0 spiro atoms. The van der Waals surface area contributed by atoms with Crippen molar-refractivity contribution in [3.05, 3.63) is 67.3 Å². The Balaban J connectivity index is 1.48. The second-order valence-electron chi connectivity index (χ2n) is 6.69. The fourth-order valence-electron chi connectivity index (χ4n) is 3.50. The summed E-state index contributed by atoms with van der Waals surface area (Å²) in [5, 5.41) is 13.8. The number of aryl methyl sites for hydroxylation is 1. The minimum Gasteiger partial charge on any atom is -0.307 e. The van der Waals surface area contributed by atoms with Gasteiger partial charge in [-0.05, 0) is 18.2 Å². The maximum atomic E-state index is 12.8. The van der Waals surface area contributed by atoms with Crippen LogP contribution in [0, 0.1) is 0 Å². The summed E-state index contributed by atoms with van der Waals surface area (Å²) in [6.45, 7) is 0.0686. The lowest BCUT2D eigenvalue weighted by molar-refractivity contribution is -0.116. The average Bonchev–Trinajstić information content (AvgIpc) is 3.27. The Bertz CT molecular complexity index is 1340. The predicted molar refractivity (Wildman–Crippen MR) is 110 cm³/mol. The van der Waals surface area contributed by atoms with E-state index in [1.165, 1.54) is 6.33 Å². The molecule has 3 heterocycles. The molecule has 1 N–H and O–H groups in total. The smallest absolute Gasteiger partial charge is 0.247 e. The molecule has 2 aromatic carbocycles. The zero-order valence-corrected chi connectivity index (χ0v) is 15.6. The first-order valence-electron chi connectivity index (χ1n) is 9.13. The van der Waals surface area contributed by atoms with E-state index < -0.39 is 0 Å². The van der Waals surface area contributed by atoms with Gasteiger partial charge in [0.05, 0.1) is 11.0 Å². The van der Waals surface area contributed by atoms with Gasteiger partial charge in [-0.3, -0.25) is 14.2 Å². The van der Waals surface area contributed by atoms with E-state index in [4.69, 9.17) is 0 Å². The van der Waals surface area contributed by atoms with Crippen molar-refractivity contribution in [2.75, 3.05) is 5.32 Å². The van der Waals surface area contributed by atoms with Gasteiger partial charge in [0.2, 0.25) is 5.91 Å². The Morgan fingerprint density at radius 3 is 2.41 bits per heavy atom. The van der Waals surface area contributed by atoms with E-state index in [1.54, 1.807) is 21.8 Å². The molecule has 0 atom stereocenters. The fraction of sp³-hybridized carbons (Fsp3) is 0.0952. The van der Waals surface area contributed by atoms with Gasteiger partial charge >= 0.3 is 0 Å². The predicted octanol–water partition coefficient (Wildman–Crippen LogP) is 3.02. The van der Waals surface area contributed by atoms with Crippen molar-refractivity contribution in [2.24, 2.45) is 7.05 Å². The summed E-state index contributed by atoms with van der Waals surface area (Å²) in [4.78, 5) is 20.9. The number of carbonyl (C=O) groups excluding carboxylic acids is 1. The van der Waals surface area contributed by atoms with Crippen LogP contribution in [0.5, 0.6) is 0 Å². The normalized spacial score (nSPS) is 11.2. The van der Waals surface area contributed by atoms with Crippen molar-refractivity contribution in [3.8, 4) is 11.3 Å². The number of nitrogens with zero attached hydrogens (tertiary/aromatic N) is 6. The van der Waals surface area contributed by atoms with Crippen molar-refractivity contribution in [2.45, 2.75) is 6.54 Å². The molecule has 0 aliphatic carbocycles. The molecule has 8 heteroatoms. The van der Waals surface area contributed by atoms with Gasteiger partial charge in [0.1, 0.15) is 18.6 Å². The highest BCUT2D eigenvalue weighted by atomic mass is 16.2. The van der Waals surface area contributed by atoms with Crippen LogP contribution in [-0.4, -0.2) is 35.4 Å². The van der Waals surface area contributed by atoms with Gasteiger partial charge in [-0.15, -0.1) is 0 Å². The van der Waals surface area contributed by atoms with Crippen LogP contribution in [0.25, 0.3) is 33.1 Å². The van der Waals surface area contributed by atoms with E-state index in [2.05, 4.69) is 25.5 Å². The van der Waals surface area contributed by atoms with E-state index in [9.17, 15) is 4.79 Å². The number of carbonyl (C=O) groups is 1. The molecule has 29 heavy (non-hydrogen) atoms. The number of benzene rings is 2. The summed E-state index contributed by atoms with van der Waals surface area (Å²) in [7, 11) is 1.85. The highest BCUT2D eigenvalue weighted by Crippen LogP contribution is 2.27. The third kappa shape index (κ3) is 3.00. The lowest BCUT2D eigenvalue weighted by Gasteiger charge is -2.04. The molecule has 142 valence electrons. The molecule has 0 aliphatic rings. The lowest BCUT2D eigenvalue weighted by Crippen LogP contribution is -2.20. The maximum Gasteiger partial charge on any atom is 0.247 e. The molecular weight excluding hydrogens is 366 g/mol. The lowest BCUT2D eigenvalue weighted by atomic mass is 10.1. The van der Waals surface area contributed by atoms with Crippen LogP contribution >= 0.6 is 0 Å². The first-order chi connectivity index (χ1) is 14.2. The van der Waals surface area contributed by atoms with Crippen LogP contribution in [0.3, 0.4) is 0 Å². The van der Waals surface area contributed by atoms with Gasteiger partial charge in [0.15, 0.2) is 5.82 Å². The van der Waals surface area contributed by atoms with Crippen LogP contribution in [0.1, 0.15) is 0 Å². The standard InChI is InChI=1S/C21H17N7O/c1-27-17-8-4-3-7-16(17)21(26-27)24-19(29)12-28-18-9-5-2-6-15(18)20(25-28)14-10-22-13-23-11-14/h2-11,13H,12H2,1H3,(H,24,26,29). The maximum absolute atomic E-state index is 12.8. The average molecular weight is 383 g/mol. The zero-order valence-electron chi connectivity index (χ0n) is 15.6. The van der Waals surface area contributed by atoms with Crippen molar-refractivity contribution < 1.29 is 4.79 Å². The quantitative estimate of drug-likeness (QED) is 0.515. The molecule has 0 unspecified atom stereocenters. The van der Waals surface area contributed by atoms with Gasteiger partial charge in [0, 0.05) is 35.8 Å². The van der Waals surface area contributed by atoms with Gasteiger partial charge in [0.25, 0.3) is 0 Å². The molecule has 0 saturated carbocycles. The van der Waals surface area contributed by atoms with Crippen LogP contribution in [-0.2, 0) is 18.4 Å². The minimum absolute atomic E-state index is 0.0686. The number of aromatic nitrogens is 6. The molecule has 3 aromatic heterocycles. The third-order valence-corrected chi connectivity index (χ3v) is 4.80. The number of para-hydroxylation sites is 2. The number of rotatable bonds is 4. The van der Waals surface area contributed by atoms with E-state index >= 15 is 0 Å². The molecule has 0 bridgehead atoms. The SMILES string of the molecule is Cn1nc(NC(=O)Cn2nc(-c3cncnc3)c3ccccc32)c2ccccc21. The summed E-state index contributed by atoms with van der Waals surface area (Å²) in [5.41, 5.74) is 3.38. The largest absolute Gasteiger partial charge is 0.307 e. The number of amides is 1.